The summed E-state index contributed by atoms with van der Waals surface area (Å²) in [6.45, 7) is 4.91. The summed E-state index contributed by atoms with van der Waals surface area (Å²) in [5.41, 5.74) is 2.49. The van der Waals surface area contributed by atoms with Crippen molar-refractivity contribution < 1.29 is 23.6 Å². The van der Waals surface area contributed by atoms with Crippen molar-refractivity contribution >= 4 is 44.9 Å². The van der Waals surface area contributed by atoms with Gasteiger partial charge in [0.2, 0.25) is 0 Å². The van der Waals surface area contributed by atoms with Crippen molar-refractivity contribution in [1.29, 1.82) is 0 Å². The largest absolute Gasteiger partial charge is 0.488 e. The van der Waals surface area contributed by atoms with Gasteiger partial charge >= 0.3 is 0 Å². The van der Waals surface area contributed by atoms with Gasteiger partial charge in [0.1, 0.15) is 35.2 Å². The molecule has 0 bridgehead atoms. The Bertz CT molecular complexity index is 1100. The van der Waals surface area contributed by atoms with Crippen LogP contribution in [0.2, 0.25) is 5.02 Å². The van der Waals surface area contributed by atoms with Crippen molar-refractivity contribution in [2.75, 3.05) is 11.9 Å². The van der Waals surface area contributed by atoms with Crippen molar-refractivity contribution in [1.82, 2.24) is 10.3 Å². The third-order valence-corrected chi connectivity index (χ3v) is 5.99. The Kier molecular flexibility index (Phi) is 10.4. The fraction of sp³-hybridized carbons (Fsp3) is 0.400. The number of ether oxygens (including phenoxy) is 3. The Morgan fingerprint density at radius 3 is 2.74 bits per heavy atom. The van der Waals surface area contributed by atoms with Gasteiger partial charge in [-0.15, -0.1) is 0 Å². The van der Waals surface area contributed by atoms with Gasteiger partial charge in [0.25, 0.3) is 0 Å². The maximum Gasteiger partial charge on any atom is 0.153 e. The van der Waals surface area contributed by atoms with E-state index < -0.39 is 0 Å². The SMILES string of the molecule is CC/C=C\CC(Oc1cc(OCc2ccc3nonc3c2)c(C=O)cc1Cl)C(C)OCCCBr. The van der Waals surface area contributed by atoms with Gasteiger partial charge in [0.15, 0.2) is 6.29 Å². The number of rotatable bonds is 14. The average molecular weight is 552 g/mol. The minimum atomic E-state index is -0.257. The van der Waals surface area contributed by atoms with Crippen molar-refractivity contribution in [3.8, 4) is 11.5 Å². The molecule has 0 aliphatic carbocycles. The minimum absolute atomic E-state index is 0.158. The van der Waals surface area contributed by atoms with Crippen LogP contribution in [0, 0.1) is 0 Å². The zero-order chi connectivity index (χ0) is 24.3. The molecule has 0 saturated heterocycles. The number of hydrogen-bond donors (Lipinski definition) is 0. The van der Waals surface area contributed by atoms with Crippen molar-refractivity contribution in [3.05, 3.63) is 58.6 Å². The molecular weight excluding hydrogens is 524 g/mol. The topological polar surface area (TPSA) is 83.7 Å². The van der Waals surface area contributed by atoms with Crippen molar-refractivity contribution in [2.45, 2.75) is 51.9 Å². The first-order chi connectivity index (χ1) is 16.5. The molecule has 0 saturated carbocycles. The first-order valence-electron chi connectivity index (χ1n) is 11.2. The Morgan fingerprint density at radius 1 is 1.15 bits per heavy atom. The van der Waals surface area contributed by atoms with Crippen LogP contribution in [-0.4, -0.2) is 40.7 Å². The summed E-state index contributed by atoms with van der Waals surface area (Å²) in [7, 11) is 0. The number of aromatic nitrogens is 2. The predicted octanol–water partition coefficient (Wildman–Crippen LogP) is 6.56. The summed E-state index contributed by atoms with van der Waals surface area (Å²) >= 11 is 9.88. The normalized spacial score (nSPS) is 13.3. The molecule has 182 valence electrons. The molecule has 0 N–H and O–H groups in total. The van der Waals surface area contributed by atoms with E-state index in [1.165, 1.54) is 0 Å². The van der Waals surface area contributed by atoms with E-state index >= 15 is 0 Å². The molecule has 3 aromatic rings. The molecule has 2 unspecified atom stereocenters. The number of carbonyl (C=O) groups is 1. The molecule has 0 spiro atoms. The molecule has 0 amide bonds. The van der Waals surface area contributed by atoms with Gasteiger partial charge in [-0.3, -0.25) is 4.79 Å². The summed E-state index contributed by atoms with van der Waals surface area (Å²) in [5, 5.41) is 8.85. The summed E-state index contributed by atoms with van der Waals surface area (Å²) in [5.74, 6) is 0.813. The van der Waals surface area contributed by atoms with Crippen LogP contribution in [0.3, 0.4) is 0 Å². The van der Waals surface area contributed by atoms with Gasteiger partial charge in [-0.25, -0.2) is 4.63 Å². The molecule has 0 fully saturated rings. The lowest BCUT2D eigenvalue weighted by Crippen LogP contribution is -2.32. The Labute approximate surface area is 212 Å². The monoisotopic (exact) mass is 550 g/mol. The smallest absolute Gasteiger partial charge is 0.153 e. The highest BCUT2D eigenvalue weighted by Gasteiger charge is 2.21. The number of carbonyl (C=O) groups excluding carboxylic acids is 1. The van der Waals surface area contributed by atoms with E-state index in [4.69, 9.17) is 30.4 Å². The number of hydrogen-bond acceptors (Lipinski definition) is 7. The van der Waals surface area contributed by atoms with E-state index in [9.17, 15) is 4.79 Å². The van der Waals surface area contributed by atoms with Crippen LogP contribution < -0.4 is 9.47 Å². The van der Waals surface area contributed by atoms with Gasteiger partial charge in [-0.1, -0.05) is 52.7 Å². The maximum absolute atomic E-state index is 11.7. The zero-order valence-electron chi connectivity index (χ0n) is 19.2. The highest BCUT2D eigenvalue weighted by atomic mass is 79.9. The maximum atomic E-state index is 11.7. The first-order valence-corrected chi connectivity index (χ1v) is 12.7. The molecule has 0 radical (unpaired) electrons. The number of allylic oxidation sites excluding steroid dienone is 1. The molecule has 1 aromatic heterocycles. The molecule has 7 nitrogen and oxygen atoms in total. The van der Waals surface area contributed by atoms with Crippen LogP contribution in [0.5, 0.6) is 11.5 Å². The standard InChI is InChI=1S/C25H28BrClN2O5/c1-3-4-5-7-23(17(2)31-11-6-10-26)33-25-14-24(19(15-30)13-20(25)27)32-16-18-8-9-21-22(12-18)29-34-28-21/h4-5,8-9,12-15,17,23H,3,6-7,10-11,16H2,1-2H3/b5-4-. The van der Waals surface area contributed by atoms with Crippen molar-refractivity contribution in [2.24, 2.45) is 0 Å². The number of alkyl halides is 1. The second-order valence-corrected chi connectivity index (χ2v) is 8.90. The van der Waals surface area contributed by atoms with E-state index in [0.717, 1.165) is 23.7 Å². The van der Waals surface area contributed by atoms with Crippen LogP contribution in [0.15, 0.2) is 47.1 Å². The summed E-state index contributed by atoms with van der Waals surface area (Å²) < 4.78 is 22.9. The number of nitrogens with zero attached hydrogens (tertiary/aromatic N) is 2. The number of fused-ring (bicyclic) bond motifs is 1. The molecule has 2 atom stereocenters. The Morgan fingerprint density at radius 2 is 1.97 bits per heavy atom. The van der Waals surface area contributed by atoms with E-state index in [-0.39, 0.29) is 18.8 Å². The molecular formula is C25H28BrClN2O5. The van der Waals surface area contributed by atoms with Crippen LogP contribution >= 0.6 is 27.5 Å². The second kappa shape index (κ2) is 13.5. The summed E-state index contributed by atoms with van der Waals surface area (Å²) in [6, 6.07) is 8.69. The van der Waals surface area contributed by atoms with Crippen LogP contribution in [0.4, 0.5) is 0 Å². The molecule has 2 aromatic carbocycles. The third kappa shape index (κ3) is 7.29. The van der Waals surface area contributed by atoms with E-state index in [0.29, 0.717) is 52.4 Å². The lowest BCUT2D eigenvalue weighted by molar-refractivity contribution is -0.0128. The molecule has 9 heteroatoms. The first kappa shape index (κ1) is 26.2. The van der Waals surface area contributed by atoms with E-state index in [2.05, 4.69) is 45.3 Å². The number of aldehydes is 1. The molecule has 0 aliphatic heterocycles. The minimum Gasteiger partial charge on any atom is -0.488 e. The van der Waals surface area contributed by atoms with Crippen LogP contribution in [0.1, 0.15) is 49.0 Å². The lowest BCUT2D eigenvalue weighted by atomic mass is 10.1. The zero-order valence-corrected chi connectivity index (χ0v) is 21.5. The van der Waals surface area contributed by atoms with Crippen LogP contribution in [-0.2, 0) is 11.3 Å². The Hall–Kier alpha value is -2.42. The van der Waals surface area contributed by atoms with Gasteiger partial charge in [0, 0.05) is 24.4 Å². The van der Waals surface area contributed by atoms with Gasteiger partial charge < -0.3 is 14.2 Å². The average Bonchev–Trinajstić information content (AvgIpc) is 3.31. The van der Waals surface area contributed by atoms with E-state index in [1.54, 1.807) is 18.2 Å². The van der Waals surface area contributed by atoms with Crippen LogP contribution in [0.25, 0.3) is 11.0 Å². The summed E-state index contributed by atoms with van der Waals surface area (Å²) in [4.78, 5) is 11.7. The number of benzene rings is 2. The fourth-order valence-electron chi connectivity index (χ4n) is 3.26. The third-order valence-electron chi connectivity index (χ3n) is 5.14. The molecule has 3 rings (SSSR count). The van der Waals surface area contributed by atoms with Gasteiger partial charge in [0.05, 0.1) is 16.7 Å². The quantitative estimate of drug-likeness (QED) is 0.0970. The molecule has 0 aliphatic rings. The Balaban J connectivity index is 1.77. The fourth-order valence-corrected chi connectivity index (χ4v) is 3.71. The molecule has 1 heterocycles. The number of halogens is 2. The highest BCUT2D eigenvalue weighted by Crippen LogP contribution is 2.34. The van der Waals surface area contributed by atoms with Gasteiger partial charge in [-0.2, -0.15) is 0 Å². The highest BCUT2D eigenvalue weighted by molar-refractivity contribution is 9.09. The van der Waals surface area contributed by atoms with E-state index in [1.807, 2.05) is 19.1 Å². The second-order valence-electron chi connectivity index (χ2n) is 7.70. The van der Waals surface area contributed by atoms with Crippen molar-refractivity contribution in [3.63, 3.8) is 0 Å². The summed E-state index contributed by atoms with van der Waals surface area (Å²) in [6.07, 6.45) is 6.98. The predicted molar refractivity (Wildman–Crippen MR) is 135 cm³/mol. The van der Waals surface area contributed by atoms with Gasteiger partial charge in [-0.05, 0) is 53.8 Å². The lowest BCUT2D eigenvalue weighted by Gasteiger charge is -2.25. The molecule has 34 heavy (non-hydrogen) atoms.